The fourth-order valence-electron chi connectivity index (χ4n) is 2.07. The summed E-state index contributed by atoms with van der Waals surface area (Å²) in [4.78, 5) is 46.0. The first kappa shape index (κ1) is 25.7. The minimum atomic E-state index is -1.06. The molecule has 0 aliphatic carbocycles. The maximum Gasteiger partial charge on any atom is 0.235 e. The van der Waals surface area contributed by atoms with Crippen molar-refractivity contribution < 1.29 is 19.2 Å². The van der Waals surface area contributed by atoms with Crippen LogP contribution in [-0.2, 0) is 19.2 Å². The van der Waals surface area contributed by atoms with Gasteiger partial charge >= 0.3 is 0 Å². The minimum absolute atomic E-state index is 0.0333. The molecule has 0 saturated carbocycles. The highest BCUT2D eigenvalue weighted by Crippen LogP contribution is 2.32. The van der Waals surface area contributed by atoms with E-state index in [2.05, 4.69) is 28.6 Å². The monoisotopic (exact) mass is 375 g/mol. The Bertz CT molecular complexity index is 477. The quantitative estimate of drug-likeness (QED) is 0.357. The molecule has 0 aliphatic heterocycles. The number of carbonyl (C=O) groups excluding carboxylic acids is 4. The highest BCUT2D eigenvalue weighted by molar-refractivity contribution is 7.82. The average Bonchev–Trinajstić information content (AvgIpc) is 2.49. The van der Waals surface area contributed by atoms with E-state index in [1.165, 1.54) is 13.8 Å². The minimum Gasteiger partial charge on any atom is -0.355 e. The van der Waals surface area contributed by atoms with Gasteiger partial charge in [-0.15, -0.1) is 0 Å². The summed E-state index contributed by atoms with van der Waals surface area (Å²) in [6.07, 6.45) is 0.193. The summed E-state index contributed by atoms with van der Waals surface area (Å²) < 4.78 is -1.06. The number of carbonyl (C=O) groups is 4. The Labute approximate surface area is 156 Å². The van der Waals surface area contributed by atoms with Crippen molar-refractivity contribution in [2.75, 3.05) is 19.6 Å². The van der Waals surface area contributed by atoms with Gasteiger partial charge in [0, 0.05) is 25.4 Å². The van der Waals surface area contributed by atoms with E-state index in [0.29, 0.717) is 6.54 Å². The molecule has 0 aliphatic rings. The standard InChI is InChI=1S/C15H27N3O4S.C2H6/c1-10(19)8-18-12(21)14(3,4)9-15(5,23)13(22)17-7-6-16-11(2)20;1-2/h23H,6-9H2,1-5H3,(H,16,20)(H,17,22)(H,18,21);1-2H3. The largest absolute Gasteiger partial charge is 0.355 e. The number of ketones is 1. The van der Waals surface area contributed by atoms with Crippen LogP contribution in [0.5, 0.6) is 0 Å². The van der Waals surface area contributed by atoms with Crippen molar-refractivity contribution in [1.29, 1.82) is 0 Å². The Morgan fingerprint density at radius 2 is 1.32 bits per heavy atom. The molecule has 0 spiro atoms. The first-order chi connectivity index (χ1) is 11.4. The normalized spacial score (nSPS) is 12.8. The van der Waals surface area contributed by atoms with Gasteiger partial charge in [-0.2, -0.15) is 12.6 Å². The smallest absolute Gasteiger partial charge is 0.235 e. The third-order valence-electron chi connectivity index (χ3n) is 3.17. The van der Waals surface area contributed by atoms with Gasteiger partial charge in [-0.05, 0) is 20.3 Å². The number of rotatable bonds is 9. The molecule has 0 fully saturated rings. The van der Waals surface area contributed by atoms with Crippen LogP contribution < -0.4 is 16.0 Å². The van der Waals surface area contributed by atoms with Crippen LogP contribution in [0, 0.1) is 5.41 Å². The molecule has 3 N–H and O–H groups in total. The fourth-order valence-corrected chi connectivity index (χ4v) is 2.54. The maximum atomic E-state index is 12.2. The number of thiol groups is 1. The van der Waals surface area contributed by atoms with Gasteiger partial charge < -0.3 is 16.0 Å². The Hall–Kier alpha value is -1.57. The maximum absolute atomic E-state index is 12.2. The molecule has 7 nitrogen and oxygen atoms in total. The Kier molecular flexibility index (Phi) is 12.2. The second-order valence-corrected chi connectivity index (χ2v) is 7.45. The van der Waals surface area contributed by atoms with Crippen molar-refractivity contribution in [3.05, 3.63) is 0 Å². The number of nitrogens with one attached hydrogen (secondary N) is 3. The van der Waals surface area contributed by atoms with Crippen LogP contribution in [0.15, 0.2) is 0 Å². The van der Waals surface area contributed by atoms with Crippen molar-refractivity contribution in [2.45, 2.75) is 59.6 Å². The lowest BCUT2D eigenvalue weighted by Gasteiger charge is -2.32. The summed E-state index contributed by atoms with van der Waals surface area (Å²) in [5.41, 5.74) is -0.860. The van der Waals surface area contributed by atoms with Crippen LogP contribution in [0.1, 0.15) is 54.9 Å². The van der Waals surface area contributed by atoms with E-state index >= 15 is 0 Å². The second-order valence-electron chi connectivity index (χ2n) is 6.46. The molecule has 0 saturated heterocycles. The summed E-state index contributed by atoms with van der Waals surface area (Å²) in [5.74, 6) is -0.938. The van der Waals surface area contributed by atoms with Gasteiger partial charge in [0.1, 0.15) is 5.78 Å². The van der Waals surface area contributed by atoms with Crippen molar-refractivity contribution in [2.24, 2.45) is 5.41 Å². The van der Waals surface area contributed by atoms with Crippen LogP contribution in [-0.4, -0.2) is 47.9 Å². The molecular weight excluding hydrogens is 342 g/mol. The van der Waals surface area contributed by atoms with E-state index in [-0.39, 0.29) is 43.0 Å². The molecule has 0 bridgehead atoms. The molecule has 0 heterocycles. The third kappa shape index (κ3) is 11.6. The van der Waals surface area contributed by atoms with Gasteiger partial charge in [-0.1, -0.05) is 27.7 Å². The summed E-state index contributed by atoms with van der Waals surface area (Å²) in [6.45, 7) is 12.4. The van der Waals surface area contributed by atoms with Crippen molar-refractivity contribution >= 4 is 36.1 Å². The predicted molar refractivity (Wildman–Crippen MR) is 103 cm³/mol. The number of hydrogen-bond donors (Lipinski definition) is 4. The molecule has 0 aromatic rings. The fraction of sp³-hybridized carbons (Fsp3) is 0.765. The van der Waals surface area contributed by atoms with Gasteiger partial charge in [0.25, 0.3) is 0 Å². The lowest BCUT2D eigenvalue weighted by Crippen LogP contribution is -2.48. The van der Waals surface area contributed by atoms with Crippen molar-refractivity contribution in [1.82, 2.24) is 16.0 Å². The Morgan fingerprint density at radius 3 is 1.76 bits per heavy atom. The first-order valence-electron chi connectivity index (χ1n) is 8.41. The molecule has 1 atom stereocenters. The summed E-state index contributed by atoms with van der Waals surface area (Å²) in [5, 5.41) is 7.79. The van der Waals surface area contributed by atoms with Gasteiger partial charge in [0.05, 0.1) is 11.3 Å². The molecule has 0 aromatic heterocycles. The highest BCUT2D eigenvalue weighted by Gasteiger charge is 2.39. The van der Waals surface area contributed by atoms with Gasteiger partial charge in [-0.25, -0.2) is 0 Å². The topological polar surface area (TPSA) is 104 Å². The first-order valence-corrected chi connectivity index (χ1v) is 8.86. The lowest BCUT2D eigenvalue weighted by atomic mass is 9.81. The van der Waals surface area contributed by atoms with E-state index < -0.39 is 10.2 Å². The SMILES string of the molecule is CC.CC(=O)CNC(=O)C(C)(C)CC(C)(S)C(=O)NCCNC(C)=O. The average molecular weight is 376 g/mol. The second kappa shape index (κ2) is 11.9. The van der Waals surface area contributed by atoms with Crippen molar-refractivity contribution in [3.8, 4) is 0 Å². The van der Waals surface area contributed by atoms with Gasteiger partial charge in [0.2, 0.25) is 17.7 Å². The van der Waals surface area contributed by atoms with E-state index in [0.717, 1.165) is 0 Å². The van der Waals surface area contributed by atoms with Gasteiger partial charge in [-0.3, -0.25) is 19.2 Å². The summed E-state index contributed by atoms with van der Waals surface area (Å²) >= 11 is 4.37. The molecule has 0 aromatic carbocycles. The van der Waals surface area contributed by atoms with Crippen LogP contribution in [0.4, 0.5) is 0 Å². The van der Waals surface area contributed by atoms with Crippen LogP contribution in [0.25, 0.3) is 0 Å². The van der Waals surface area contributed by atoms with E-state index in [4.69, 9.17) is 0 Å². The number of Topliss-reactive ketones (excluding diaryl/α,β-unsaturated/α-hetero) is 1. The molecule has 25 heavy (non-hydrogen) atoms. The zero-order chi connectivity index (χ0) is 20.3. The summed E-state index contributed by atoms with van der Waals surface area (Å²) in [7, 11) is 0. The number of hydrogen-bond acceptors (Lipinski definition) is 5. The van der Waals surface area contributed by atoms with Crippen LogP contribution in [0.2, 0.25) is 0 Å². The zero-order valence-electron chi connectivity index (χ0n) is 16.4. The molecule has 0 radical (unpaired) electrons. The number of amides is 3. The lowest BCUT2D eigenvalue weighted by molar-refractivity contribution is -0.133. The molecule has 146 valence electrons. The van der Waals surface area contributed by atoms with E-state index in [9.17, 15) is 19.2 Å². The Morgan fingerprint density at radius 1 is 0.840 bits per heavy atom. The van der Waals surface area contributed by atoms with Crippen LogP contribution >= 0.6 is 12.6 Å². The van der Waals surface area contributed by atoms with E-state index in [1.807, 2.05) is 13.8 Å². The molecular formula is C17H33N3O4S. The highest BCUT2D eigenvalue weighted by atomic mass is 32.1. The third-order valence-corrected chi connectivity index (χ3v) is 3.53. The molecule has 1 unspecified atom stereocenters. The van der Waals surface area contributed by atoms with Crippen molar-refractivity contribution in [3.63, 3.8) is 0 Å². The van der Waals surface area contributed by atoms with E-state index in [1.54, 1.807) is 20.8 Å². The van der Waals surface area contributed by atoms with Crippen LogP contribution in [0.3, 0.4) is 0 Å². The summed E-state index contributed by atoms with van der Waals surface area (Å²) in [6, 6.07) is 0. The molecule has 0 rings (SSSR count). The Balaban J connectivity index is 0. The zero-order valence-corrected chi connectivity index (χ0v) is 17.3. The molecule has 8 heteroatoms. The van der Waals surface area contributed by atoms with Gasteiger partial charge in [0.15, 0.2) is 0 Å². The predicted octanol–water partition coefficient (Wildman–Crippen LogP) is 1.07. The molecule has 3 amide bonds.